The van der Waals surface area contributed by atoms with Crippen LogP contribution < -0.4 is 0 Å². The number of piperidine rings is 1. The second-order valence-corrected chi connectivity index (χ2v) is 7.50. The molecular formula is C12H13Cl2NO5S. The lowest BCUT2D eigenvalue weighted by Gasteiger charge is -2.29. The molecule has 0 unspecified atom stereocenters. The van der Waals surface area contributed by atoms with Crippen LogP contribution in [0, 0.1) is 5.92 Å². The Balaban J connectivity index is 2.30. The minimum atomic E-state index is -3.97. The zero-order valence-electron chi connectivity index (χ0n) is 10.8. The van der Waals surface area contributed by atoms with Gasteiger partial charge in [-0.3, -0.25) is 4.79 Å². The number of phenols is 1. The van der Waals surface area contributed by atoms with Crippen molar-refractivity contribution in [3.63, 3.8) is 0 Å². The minimum Gasteiger partial charge on any atom is -0.505 e. The Bertz CT molecular complexity index is 668. The topological polar surface area (TPSA) is 94.9 Å². The maximum Gasteiger partial charge on any atom is 0.306 e. The van der Waals surface area contributed by atoms with Crippen LogP contribution in [0.5, 0.6) is 5.75 Å². The number of carbonyl (C=O) groups is 1. The first-order chi connectivity index (χ1) is 9.73. The number of hydrogen-bond acceptors (Lipinski definition) is 4. The van der Waals surface area contributed by atoms with Gasteiger partial charge in [0.05, 0.1) is 10.9 Å². The maximum atomic E-state index is 12.5. The summed E-state index contributed by atoms with van der Waals surface area (Å²) in [4.78, 5) is 10.5. The molecule has 1 fully saturated rings. The van der Waals surface area contributed by atoms with Gasteiger partial charge in [-0.05, 0) is 25.0 Å². The number of phenolic OH excluding ortho intramolecular Hbond substituents is 1. The van der Waals surface area contributed by atoms with Crippen molar-refractivity contribution in [2.24, 2.45) is 5.92 Å². The molecule has 6 nitrogen and oxygen atoms in total. The average molecular weight is 354 g/mol. The van der Waals surface area contributed by atoms with E-state index in [1.165, 1.54) is 6.07 Å². The van der Waals surface area contributed by atoms with Gasteiger partial charge in [0.25, 0.3) is 0 Å². The molecule has 9 heteroatoms. The van der Waals surface area contributed by atoms with Crippen LogP contribution in [0.1, 0.15) is 12.8 Å². The summed E-state index contributed by atoms with van der Waals surface area (Å²) in [6, 6.07) is 2.37. The first kappa shape index (κ1) is 16.4. The summed E-state index contributed by atoms with van der Waals surface area (Å²) in [6.45, 7) is 0.145. The van der Waals surface area contributed by atoms with Crippen LogP contribution in [0.25, 0.3) is 0 Å². The molecule has 1 aliphatic heterocycles. The van der Waals surface area contributed by atoms with E-state index in [1.807, 2.05) is 0 Å². The molecule has 2 rings (SSSR count). The average Bonchev–Trinajstić information content (AvgIpc) is 2.42. The number of nitrogens with zero attached hydrogens (tertiary/aromatic N) is 1. The number of halogens is 2. The van der Waals surface area contributed by atoms with E-state index in [2.05, 4.69) is 0 Å². The third kappa shape index (κ3) is 3.26. The lowest BCUT2D eigenvalue weighted by Crippen LogP contribution is -2.40. The Morgan fingerprint density at radius 3 is 2.33 bits per heavy atom. The predicted octanol–water partition coefficient (Wildman–Crippen LogP) is 2.18. The van der Waals surface area contributed by atoms with Gasteiger partial charge >= 0.3 is 5.97 Å². The van der Waals surface area contributed by atoms with Crippen LogP contribution in [0.2, 0.25) is 10.0 Å². The molecule has 0 aromatic heterocycles. The second-order valence-electron chi connectivity index (χ2n) is 4.75. The van der Waals surface area contributed by atoms with Crippen molar-refractivity contribution in [3.05, 3.63) is 22.2 Å². The molecule has 116 valence electrons. The van der Waals surface area contributed by atoms with Crippen LogP contribution >= 0.6 is 23.2 Å². The summed E-state index contributed by atoms with van der Waals surface area (Å²) in [6.07, 6.45) is 0.452. The Labute approximate surface area is 131 Å². The number of rotatable bonds is 3. The highest BCUT2D eigenvalue weighted by Gasteiger charge is 2.34. The normalized spacial score (nSPS) is 17.8. The van der Waals surface area contributed by atoms with Gasteiger partial charge in [0.1, 0.15) is 4.90 Å². The number of carboxylic acid groups (broad SMARTS) is 1. The molecule has 2 N–H and O–H groups in total. The Hall–Kier alpha value is -1.02. The number of aliphatic carboxylic acids is 1. The fraction of sp³-hybridized carbons (Fsp3) is 0.417. The number of hydrogen-bond donors (Lipinski definition) is 2. The summed E-state index contributed by atoms with van der Waals surface area (Å²) in [7, 11) is -3.97. The second kappa shape index (κ2) is 6.00. The molecule has 1 aromatic rings. The van der Waals surface area contributed by atoms with Gasteiger partial charge in [-0.25, -0.2) is 8.42 Å². The van der Waals surface area contributed by atoms with Gasteiger partial charge in [-0.15, -0.1) is 0 Å². The molecule has 0 radical (unpaired) electrons. The molecule has 1 aromatic carbocycles. The van der Waals surface area contributed by atoms with Crippen molar-refractivity contribution in [2.75, 3.05) is 13.1 Å². The summed E-state index contributed by atoms with van der Waals surface area (Å²) in [5.41, 5.74) is 0. The van der Waals surface area contributed by atoms with Crippen LogP contribution in [-0.4, -0.2) is 42.0 Å². The van der Waals surface area contributed by atoms with Crippen molar-refractivity contribution >= 4 is 39.2 Å². The zero-order chi connectivity index (χ0) is 15.8. The van der Waals surface area contributed by atoms with E-state index in [4.69, 9.17) is 28.3 Å². The monoisotopic (exact) mass is 353 g/mol. The van der Waals surface area contributed by atoms with Crippen molar-refractivity contribution in [2.45, 2.75) is 17.7 Å². The molecule has 1 saturated heterocycles. The number of benzene rings is 1. The molecule has 0 amide bonds. The van der Waals surface area contributed by atoms with E-state index >= 15 is 0 Å². The van der Waals surface area contributed by atoms with Gasteiger partial charge in [0, 0.05) is 18.1 Å². The lowest BCUT2D eigenvalue weighted by molar-refractivity contribution is -0.142. The molecule has 1 heterocycles. The van der Waals surface area contributed by atoms with Crippen molar-refractivity contribution in [3.8, 4) is 5.75 Å². The maximum absolute atomic E-state index is 12.5. The Morgan fingerprint density at radius 2 is 1.81 bits per heavy atom. The fourth-order valence-corrected chi connectivity index (χ4v) is 4.44. The van der Waals surface area contributed by atoms with Gasteiger partial charge < -0.3 is 10.2 Å². The minimum absolute atomic E-state index is 0.0723. The van der Waals surface area contributed by atoms with Crippen LogP contribution in [0.15, 0.2) is 17.0 Å². The highest BCUT2D eigenvalue weighted by Crippen LogP contribution is 2.36. The first-order valence-electron chi connectivity index (χ1n) is 6.14. The smallest absolute Gasteiger partial charge is 0.306 e. The SMILES string of the molecule is O=C(O)C1CCN(S(=O)(=O)c2cc(Cl)cc(Cl)c2O)CC1. The molecule has 21 heavy (non-hydrogen) atoms. The Kier molecular flexibility index (Phi) is 4.67. The van der Waals surface area contributed by atoms with Crippen molar-refractivity contribution in [1.82, 2.24) is 4.31 Å². The lowest BCUT2D eigenvalue weighted by atomic mass is 9.99. The van der Waals surface area contributed by atoms with E-state index in [1.54, 1.807) is 0 Å². The van der Waals surface area contributed by atoms with Gasteiger partial charge in [-0.1, -0.05) is 23.2 Å². The van der Waals surface area contributed by atoms with E-state index in [9.17, 15) is 18.3 Å². The van der Waals surface area contributed by atoms with Crippen LogP contribution in [0.4, 0.5) is 0 Å². The van der Waals surface area contributed by atoms with E-state index in [-0.39, 0.29) is 40.9 Å². The fourth-order valence-electron chi connectivity index (χ4n) is 2.22. The summed E-state index contributed by atoms with van der Waals surface area (Å²) >= 11 is 11.5. The number of aromatic hydroxyl groups is 1. The third-order valence-corrected chi connectivity index (χ3v) is 5.83. The predicted molar refractivity (Wildman–Crippen MR) is 77.2 cm³/mol. The molecule has 0 aliphatic carbocycles. The zero-order valence-corrected chi connectivity index (χ0v) is 13.1. The Morgan fingerprint density at radius 1 is 1.24 bits per heavy atom. The highest BCUT2D eigenvalue weighted by molar-refractivity contribution is 7.89. The van der Waals surface area contributed by atoms with E-state index in [0.717, 1.165) is 10.4 Å². The van der Waals surface area contributed by atoms with Gasteiger partial charge in [-0.2, -0.15) is 4.31 Å². The summed E-state index contributed by atoms with van der Waals surface area (Å²) in [5.74, 6) is -2.03. The summed E-state index contributed by atoms with van der Waals surface area (Å²) < 4.78 is 26.1. The van der Waals surface area contributed by atoms with Gasteiger partial charge in [0.15, 0.2) is 5.75 Å². The van der Waals surface area contributed by atoms with Crippen LogP contribution in [-0.2, 0) is 14.8 Å². The molecule has 1 aliphatic rings. The van der Waals surface area contributed by atoms with E-state index in [0.29, 0.717) is 0 Å². The van der Waals surface area contributed by atoms with Crippen LogP contribution in [0.3, 0.4) is 0 Å². The number of carboxylic acids is 1. The number of sulfonamides is 1. The molecule has 0 saturated carbocycles. The quantitative estimate of drug-likeness (QED) is 0.868. The molecular weight excluding hydrogens is 341 g/mol. The first-order valence-corrected chi connectivity index (χ1v) is 8.34. The van der Waals surface area contributed by atoms with Crippen molar-refractivity contribution in [1.29, 1.82) is 0 Å². The highest BCUT2D eigenvalue weighted by atomic mass is 35.5. The molecule has 0 atom stereocenters. The standard InChI is InChI=1S/C12H13Cl2NO5S/c13-8-5-9(14)11(16)10(6-8)21(19,20)15-3-1-7(2-4-15)12(17)18/h5-7,16H,1-4H2,(H,17,18). The third-order valence-electron chi connectivity index (χ3n) is 3.41. The summed E-state index contributed by atoms with van der Waals surface area (Å²) in [5, 5.41) is 18.7. The van der Waals surface area contributed by atoms with E-state index < -0.39 is 27.7 Å². The van der Waals surface area contributed by atoms with Gasteiger partial charge in [0.2, 0.25) is 10.0 Å². The molecule has 0 spiro atoms. The van der Waals surface area contributed by atoms with Crippen molar-refractivity contribution < 1.29 is 23.4 Å². The largest absolute Gasteiger partial charge is 0.505 e. The molecule has 0 bridgehead atoms.